The van der Waals surface area contributed by atoms with Gasteiger partial charge in [0.1, 0.15) is 11.8 Å². The molecule has 0 amide bonds. The molecule has 3 atom stereocenters. The Hall–Kier alpha value is -1.60. The van der Waals surface area contributed by atoms with Crippen molar-refractivity contribution in [1.29, 1.82) is 0 Å². The number of aliphatic hydroxyl groups excluding tert-OH is 2. The quantitative estimate of drug-likeness (QED) is 0.429. The van der Waals surface area contributed by atoms with Crippen LogP contribution in [-0.4, -0.2) is 45.0 Å². The molecule has 5 N–H and O–H groups in total. The van der Waals surface area contributed by atoms with Crippen molar-refractivity contribution in [1.82, 2.24) is 9.97 Å². The molecule has 1 unspecified atom stereocenters. The highest BCUT2D eigenvalue weighted by atomic mass is 16.3. The first-order chi connectivity index (χ1) is 7.59. The number of fused-ring (bicyclic) bond motifs is 1. The Labute approximate surface area is 91.5 Å². The number of H-pyrrole nitrogens is 1. The van der Waals surface area contributed by atoms with Crippen LogP contribution in [0.4, 0.5) is 11.5 Å². The van der Waals surface area contributed by atoms with Gasteiger partial charge in [0.05, 0.1) is 18.5 Å². The van der Waals surface area contributed by atoms with Gasteiger partial charge in [0, 0.05) is 6.54 Å². The summed E-state index contributed by atoms with van der Waals surface area (Å²) in [5, 5.41) is 24.7. The maximum atomic E-state index is 11.5. The van der Waals surface area contributed by atoms with E-state index in [9.17, 15) is 15.0 Å². The van der Waals surface area contributed by atoms with Crippen molar-refractivity contribution in [2.24, 2.45) is 0 Å². The molecule has 0 bridgehead atoms. The third-order valence-corrected chi connectivity index (χ3v) is 2.58. The van der Waals surface area contributed by atoms with Crippen molar-refractivity contribution in [3.8, 4) is 0 Å². The van der Waals surface area contributed by atoms with Crippen LogP contribution in [0.3, 0.4) is 0 Å². The Balaban J connectivity index is 2.23. The zero-order chi connectivity index (χ0) is 11.7. The summed E-state index contributed by atoms with van der Waals surface area (Å²) in [7, 11) is 0. The number of aromatic amines is 1. The van der Waals surface area contributed by atoms with E-state index in [2.05, 4.69) is 20.6 Å². The Bertz CT molecular complexity index is 431. The second-order valence-electron chi connectivity index (χ2n) is 3.82. The minimum atomic E-state index is -0.944. The molecule has 0 aromatic carbocycles. The molecule has 0 radical (unpaired) electrons. The van der Waals surface area contributed by atoms with Gasteiger partial charge in [-0.15, -0.1) is 0 Å². The largest absolute Gasteiger partial charge is 0.391 e. The average molecular weight is 226 g/mol. The van der Waals surface area contributed by atoms with Crippen LogP contribution in [0.1, 0.15) is 6.92 Å². The second-order valence-corrected chi connectivity index (χ2v) is 3.82. The van der Waals surface area contributed by atoms with E-state index in [-0.39, 0.29) is 5.56 Å². The molecular formula is C9H14N4O3. The molecule has 7 heteroatoms. The van der Waals surface area contributed by atoms with Crippen LogP contribution in [0.15, 0.2) is 11.1 Å². The highest BCUT2D eigenvalue weighted by molar-refractivity contribution is 5.65. The lowest BCUT2D eigenvalue weighted by Gasteiger charge is -2.31. The molecule has 0 saturated heterocycles. The summed E-state index contributed by atoms with van der Waals surface area (Å²) >= 11 is 0. The van der Waals surface area contributed by atoms with E-state index in [1.807, 2.05) is 0 Å². The summed E-state index contributed by atoms with van der Waals surface area (Å²) in [5.74, 6) is 0.456. The number of hydrogen-bond acceptors (Lipinski definition) is 6. The molecule has 1 aromatic rings. The fraction of sp³-hybridized carbons (Fsp3) is 0.556. The molecule has 88 valence electrons. The fourth-order valence-corrected chi connectivity index (χ4v) is 1.65. The molecule has 0 saturated carbocycles. The molecule has 1 aromatic heterocycles. The van der Waals surface area contributed by atoms with Crippen LogP contribution in [0.25, 0.3) is 0 Å². The van der Waals surface area contributed by atoms with Gasteiger partial charge in [0.15, 0.2) is 5.82 Å². The molecule has 7 nitrogen and oxygen atoms in total. The number of nitrogens with one attached hydrogen (secondary N) is 3. The smallest absolute Gasteiger partial charge is 0.276 e. The minimum Gasteiger partial charge on any atom is -0.391 e. The third-order valence-electron chi connectivity index (χ3n) is 2.58. The van der Waals surface area contributed by atoms with E-state index in [1.165, 1.54) is 13.3 Å². The van der Waals surface area contributed by atoms with Gasteiger partial charge in [-0.05, 0) is 6.92 Å². The maximum Gasteiger partial charge on any atom is 0.276 e. The Kier molecular flexibility index (Phi) is 2.80. The molecule has 0 fully saturated rings. The number of rotatable bonds is 2. The van der Waals surface area contributed by atoms with E-state index in [0.29, 0.717) is 18.1 Å². The Morgan fingerprint density at radius 1 is 1.56 bits per heavy atom. The first-order valence-corrected chi connectivity index (χ1v) is 5.04. The fourth-order valence-electron chi connectivity index (χ4n) is 1.65. The number of aliphatic hydroxyl groups is 2. The normalized spacial score (nSPS) is 22.6. The van der Waals surface area contributed by atoms with Crippen molar-refractivity contribution in [3.63, 3.8) is 0 Å². The zero-order valence-corrected chi connectivity index (χ0v) is 8.77. The molecular weight excluding hydrogens is 212 g/mol. The minimum absolute atomic E-state index is 0.290. The summed E-state index contributed by atoms with van der Waals surface area (Å²) in [6, 6.07) is -0.419. The van der Waals surface area contributed by atoms with Gasteiger partial charge in [-0.2, -0.15) is 0 Å². The van der Waals surface area contributed by atoms with Crippen molar-refractivity contribution in [2.75, 3.05) is 17.2 Å². The molecule has 2 rings (SSSR count). The Morgan fingerprint density at radius 2 is 2.31 bits per heavy atom. The standard InChI is InChI=1S/C9H14N4O3/c1-4(14)7(15)5-2-10-8-6(13-5)9(16)12-3-11-8/h3-5,7,13-15H,2H2,1H3,(H2,10,11,12,16)/t4-,5-,7?/m0/s1. The third kappa shape index (κ3) is 1.86. The van der Waals surface area contributed by atoms with Crippen LogP contribution >= 0.6 is 0 Å². The number of aromatic nitrogens is 2. The van der Waals surface area contributed by atoms with Gasteiger partial charge < -0.3 is 25.8 Å². The zero-order valence-electron chi connectivity index (χ0n) is 8.77. The molecule has 0 aliphatic carbocycles. The highest BCUT2D eigenvalue weighted by Gasteiger charge is 2.28. The monoisotopic (exact) mass is 226 g/mol. The van der Waals surface area contributed by atoms with Gasteiger partial charge in [-0.1, -0.05) is 0 Å². The van der Waals surface area contributed by atoms with Crippen LogP contribution in [-0.2, 0) is 0 Å². The van der Waals surface area contributed by atoms with Gasteiger partial charge in [0.2, 0.25) is 0 Å². The summed E-state index contributed by atoms with van der Waals surface area (Å²) in [5.41, 5.74) is -0.0153. The first-order valence-electron chi connectivity index (χ1n) is 5.04. The average Bonchev–Trinajstić information content (AvgIpc) is 2.28. The number of anilines is 2. The predicted molar refractivity (Wildman–Crippen MR) is 58.4 cm³/mol. The number of nitrogens with zero attached hydrogens (tertiary/aromatic N) is 1. The second kappa shape index (κ2) is 4.11. The van der Waals surface area contributed by atoms with E-state index < -0.39 is 18.2 Å². The van der Waals surface area contributed by atoms with Crippen molar-refractivity contribution < 1.29 is 10.2 Å². The lowest BCUT2D eigenvalue weighted by Crippen LogP contribution is -2.48. The molecule has 1 aliphatic rings. The van der Waals surface area contributed by atoms with Gasteiger partial charge in [-0.25, -0.2) is 4.98 Å². The van der Waals surface area contributed by atoms with Crippen LogP contribution in [0.5, 0.6) is 0 Å². The van der Waals surface area contributed by atoms with Gasteiger partial charge >= 0.3 is 0 Å². The van der Waals surface area contributed by atoms with Crippen molar-refractivity contribution in [3.05, 3.63) is 16.7 Å². The summed E-state index contributed by atoms with van der Waals surface area (Å²) in [4.78, 5) is 17.8. The lowest BCUT2D eigenvalue weighted by atomic mass is 10.0. The molecule has 1 aliphatic heterocycles. The van der Waals surface area contributed by atoms with Crippen LogP contribution in [0.2, 0.25) is 0 Å². The van der Waals surface area contributed by atoms with Crippen LogP contribution < -0.4 is 16.2 Å². The van der Waals surface area contributed by atoms with Gasteiger partial charge in [0.25, 0.3) is 5.56 Å². The van der Waals surface area contributed by atoms with Gasteiger partial charge in [-0.3, -0.25) is 4.79 Å². The SMILES string of the molecule is C[C@H](O)C(O)[C@@H]1CNc2nc[nH]c(=O)c2N1. The van der Waals surface area contributed by atoms with E-state index >= 15 is 0 Å². The van der Waals surface area contributed by atoms with E-state index in [0.717, 1.165) is 0 Å². The van der Waals surface area contributed by atoms with Crippen molar-refractivity contribution >= 4 is 11.5 Å². The first kappa shape index (κ1) is 10.9. The topological polar surface area (TPSA) is 110 Å². The molecule has 0 spiro atoms. The Morgan fingerprint density at radius 3 is 3.00 bits per heavy atom. The van der Waals surface area contributed by atoms with Crippen molar-refractivity contribution in [2.45, 2.75) is 25.2 Å². The predicted octanol–water partition coefficient (Wildman–Crippen LogP) is -1.28. The molecule has 16 heavy (non-hydrogen) atoms. The molecule has 2 heterocycles. The number of hydrogen-bond donors (Lipinski definition) is 5. The lowest BCUT2D eigenvalue weighted by molar-refractivity contribution is 0.0214. The van der Waals surface area contributed by atoms with E-state index in [1.54, 1.807) is 0 Å². The summed E-state index contributed by atoms with van der Waals surface area (Å²) < 4.78 is 0. The summed E-state index contributed by atoms with van der Waals surface area (Å²) in [6.45, 7) is 1.89. The van der Waals surface area contributed by atoms with Crippen LogP contribution in [0, 0.1) is 0 Å². The highest BCUT2D eigenvalue weighted by Crippen LogP contribution is 2.20. The maximum absolute atomic E-state index is 11.5. The van der Waals surface area contributed by atoms with E-state index in [4.69, 9.17) is 0 Å². The summed E-state index contributed by atoms with van der Waals surface area (Å²) in [6.07, 6.45) is -0.502.